The molecule has 1 rings (SSSR count). The number of nitrogens with one attached hydrogen (secondary N) is 2. The molecule has 0 aliphatic rings. The molecule has 1 aromatic carbocycles. The Hall–Kier alpha value is -2.44. The zero-order chi connectivity index (χ0) is 27.8. The smallest absolute Gasteiger partial charge is 0.239 e. The van der Waals surface area contributed by atoms with Crippen LogP contribution in [0.1, 0.15) is 50.5 Å². The van der Waals surface area contributed by atoms with Gasteiger partial charge in [-0.3, -0.25) is 4.79 Å². The van der Waals surface area contributed by atoms with Crippen molar-refractivity contribution in [3.63, 3.8) is 0 Å². The molecule has 1 unspecified atom stereocenters. The fourth-order valence-electron chi connectivity index (χ4n) is 3.48. The zero-order valence-corrected chi connectivity index (χ0v) is 23.1. The highest BCUT2D eigenvalue weighted by Crippen LogP contribution is 2.32. The average Bonchev–Trinajstić information content (AvgIpc) is 2.91. The molecule has 11 heteroatoms. The van der Waals surface area contributed by atoms with Crippen molar-refractivity contribution in [3.8, 4) is 11.5 Å². The van der Waals surface area contributed by atoms with E-state index in [0.717, 1.165) is 57.0 Å². The molecular weight excluding hydrogens is 492 g/mol. The number of benzene rings is 1. The molecule has 0 saturated heterocycles. The van der Waals surface area contributed by atoms with E-state index in [1.807, 2.05) is 7.05 Å². The molecule has 6 N–H and O–H groups in total. The summed E-state index contributed by atoms with van der Waals surface area (Å²) >= 11 is 0. The SMILES string of the molecule is CNCCNC(=O)C(N)COCc1cc(OC)c(OCCCCCCCCOCCOCCC=O)cc1N. The van der Waals surface area contributed by atoms with Gasteiger partial charge in [-0.1, -0.05) is 25.7 Å². The minimum Gasteiger partial charge on any atom is -0.493 e. The van der Waals surface area contributed by atoms with E-state index < -0.39 is 6.04 Å². The Bertz CT molecular complexity index is 767. The Labute approximate surface area is 227 Å². The van der Waals surface area contributed by atoms with E-state index in [2.05, 4.69) is 10.6 Å². The summed E-state index contributed by atoms with van der Waals surface area (Å²) in [5, 5.41) is 5.69. The second-order valence-electron chi connectivity index (χ2n) is 8.87. The number of hydrogen-bond donors (Lipinski definition) is 4. The van der Waals surface area contributed by atoms with Crippen molar-refractivity contribution in [3.05, 3.63) is 17.7 Å². The molecule has 0 saturated carbocycles. The van der Waals surface area contributed by atoms with Crippen molar-refractivity contribution in [2.24, 2.45) is 5.73 Å². The van der Waals surface area contributed by atoms with Gasteiger partial charge >= 0.3 is 0 Å². The van der Waals surface area contributed by atoms with Crippen molar-refractivity contribution in [1.82, 2.24) is 10.6 Å². The van der Waals surface area contributed by atoms with Gasteiger partial charge in [-0.2, -0.15) is 0 Å². The number of aldehydes is 1. The van der Waals surface area contributed by atoms with E-state index in [-0.39, 0.29) is 19.1 Å². The van der Waals surface area contributed by atoms with Crippen molar-refractivity contribution < 1.29 is 33.3 Å². The van der Waals surface area contributed by atoms with Crippen LogP contribution in [0.4, 0.5) is 5.69 Å². The largest absolute Gasteiger partial charge is 0.493 e. The van der Waals surface area contributed by atoms with Gasteiger partial charge in [-0.05, 0) is 26.0 Å². The fraction of sp³-hybridized carbons (Fsp3) is 0.704. The first kappa shape index (κ1) is 33.6. The third kappa shape index (κ3) is 15.7. The monoisotopic (exact) mass is 540 g/mol. The van der Waals surface area contributed by atoms with Gasteiger partial charge < -0.3 is 50.6 Å². The van der Waals surface area contributed by atoms with Gasteiger partial charge in [0, 0.05) is 43.4 Å². The van der Waals surface area contributed by atoms with E-state index >= 15 is 0 Å². The summed E-state index contributed by atoms with van der Waals surface area (Å²) in [6, 6.07) is 2.79. The van der Waals surface area contributed by atoms with Gasteiger partial charge in [-0.25, -0.2) is 0 Å². The summed E-state index contributed by atoms with van der Waals surface area (Å²) in [5.74, 6) is 0.927. The molecule has 1 aromatic rings. The van der Waals surface area contributed by atoms with Gasteiger partial charge in [0.05, 0.1) is 46.8 Å². The highest BCUT2D eigenvalue weighted by molar-refractivity contribution is 5.81. The number of nitrogen functional groups attached to an aromatic ring is 1. The Kier molecular flexibility index (Phi) is 19.9. The van der Waals surface area contributed by atoms with E-state index in [9.17, 15) is 9.59 Å². The predicted octanol–water partition coefficient (Wildman–Crippen LogP) is 1.80. The summed E-state index contributed by atoms with van der Waals surface area (Å²) in [5.41, 5.74) is 13.3. The van der Waals surface area contributed by atoms with Crippen LogP contribution in [-0.2, 0) is 30.4 Å². The van der Waals surface area contributed by atoms with Crippen molar-refractivity contribution >= 4 is 17.9 Å². The van der Waals surface area contributed by atoms with Crippen LogP contribution < -0.4 is 31.6 Å². The molecular formula is C27H48N4O7. The van der Waals surface area contributed by atoms with Gasteiger partial charge in [0.1, 0.15) is 12.3 Å². The number of ether oxygens (including phenoxy) is 5. The van der Waals surface area contributed by atoms with Crippen LogP contribution in [-0.4, -0.2) is 85.1 Å². The predicted molar refractivity (Wildman–Crippen MR) is 147 cm³/mol. The molecule has 0 heterocycles. The summed E-state index contributed by atoms with van der Waals surface area (Å²) in [7, 11) is 3.39. The quantitative estimate of drug-likeness (QED) is 0.0819. The van der Waals surface area contributed by atoms with Gasteiger partial charge in [0.15, 0.2) is 11.5 Å². The lowest BCUT2D eigenvalue weighted by Crippen LogP contribution is -2.45. The van der Waals surface area contributed by atoms with Crippen LogP contribution in [0.25, 0.3) is 0 Å². The molecule has 11 nitrogen and oxygen atoms in total. The standard InChI is InChI=1S/C27H48N4O7/c1-30-10-11-31-27(33)24(29)21-37-20-22-18-25(34-2)26(19-23(22)28)38-15-8-6-4-3-5-7-13-35-16-17-36-14-9-12-32/h12,18-19,24,30H,3-11,13-17,20-21,28-29H2,1-2H3,(H,31,33). The van der Waals surface area contributed by atoms with E-state index in [0.29, 0.717) is 63.1 Å². The number of amides is 1. The molecule has 0 fully saturated rings. The zero-order valence-electron chi connectivity index (χ0n) is 23.1. The van der Waals surface area contributed by atoms with Crippen LogP contribution in [0.2, 0.25) is 0 Å². The van der Waals surface area contributed by atoms with Crippen LogP contribution in [0.5, 0.6) is 11.5 Å². The fourth-order valence-corrected chi connectivity index (χ4v) is 3.48. The summed E-state index contributed by atoms with van der Waals surface area (Å²) in [6.45, 7) is 4.35. The van der Waals surface area contributed by atoms with Gasteiger partial charge in [0.25, 0.3) is 0 Å². The number of carbonyl (C=O) groups excluding carboxylic acids is 2. The molecule has 1 atom stereocenters. The van der Waals surface area contributed by atoms with Crippen LogP contribution in [0, 0.1) is 0 Å². The van der Waals surface area contributed by atoms with E-state index in [4.69, 9.17) is 35.2 Å². The van der Waals surface area contributed by atoms with Gasteiger partial charge in [-0.15, -0.1) is 0 Å². The number of rotatable bonds is 25. The molecule has 0 spiro atoms. The second kappa shape index (κ2) is 22.5. The number of methoxy groups -OCH3 is 1. The molecule has 218 valence electrons. The summed E-state index contributed by atoms with van der Waals surface area (Å²) < 4.78 is 27.8. The molecule has 0 aromatic heterocycles. The molecule has 0 radical (unpaired) electrons. The lowest BCUT2D eigenvalue weighted by molar-refractivity contribution is -0.123. The van der Waals surface area contributed by atoms with Crippen LogP contribution >= 0.6 is 0 Å². The molecule has 1 amide bonds. The summed E-state index contributed by atoms with van der Waals surface area (Å²) in [4.78, 5) is 22.1. The minimum atomic E-state index is -0.753. The van der Waals surface area contributed by atoms with Crippen molar-refractivity contribution in [1.29, 1.82) is 0 Å². The number of unbranched alkanes of at least 4 members (excludes halogenated alkanes) is 5. The first-order valence-electron chi connectivity index (χ1n) is 13.5. The topological polar surface area (TPSA) is 156 Å². The van der Waals surface area contributed by atoms with Gasteiger partial charge in [0.2, 0.25) is 5.91 Å². The highest BCUT2D eigenvalue weighted by atomic mass is 16.5. The maximum atomic E-state index is 11.9. The number of anilines is 1. The highest BCUT2D eigenvalue weighted by Gasteiger charge is 2.15. The lowest BCUT2D eigenvalue weighted by Gasteiger charge is -2.16. The minimum absolute atomic E-state index is 0.0802. The Morgan fingerprint density at radius 3 is 2.29 bits per heavy atom. The average molecular weight is 541 g/mol. The Balaban J connectivity index is 2.19. The lowest BCUT2D eigenvalue weighted by atomic mass is 10.1. The first-order valence-corrected chi connectivity index (χ1v) is 13.5. The maximum Gasteiger partial charge on any atom is 0.239 e. The Morgan fingerprint density at radius 1 is 0.921 bits per heavy atom. The third-order valence-electron chi connectivity index (χ3n) is 5.68. The molecule has 0 aliphatic carbocycles. The second-order valence-corrected chi connectivity index (χ2v) is 8.87. The summed E-state index contributed by atoms with van der Waals surface area (Å²) in [6.07, 6.45) is 7.78. The number of likely N-dealkylation sites (N-methyl/N-ethyl adjacent to an activating group) is 1. The van der Waals surface area contributed by atoms with Crippen molar-refractivity contribution in [2.45, 2.75) is 57.6 Å². The molecule has 0 bridgehead atoms. The van der Waals surface area contributed by atoms with E-state index in [1.54, 1.807) is 19.2 Å². The number of nitrogens with two attached hydrogens (primary N) is 2. The Morgan fingerprint density at radius 2 is 1.61 bits per heavy atom. The molecule has 0 aliphatic heterocycles. The third-order valence-corrected chi connectivity index (χ3v) is 5.68. The van der Waals surface area contributed by atoms with E-state index in [1.165, 1.54) is 0 Å². The van der Waals surface area contributed by atoms with Crippen LogP contribution in [0.3, 0.4) is 0 Å². The number of carbonyl (C=O) groups is 2. The molecule has 38 heavy (non-hydrogen) atoms. The first-order chi connectivity index (χ1) is 18.5. The normalized spacial score (nSPS) is 11.8. The van der Waals surface area contributed by atoms with Crippen molar-refractivity contribution in [2.75, 3.05) is 72.6 Å². The number of hydrogen-bond acceptors (Lipinski definition) is 10. The van der Waals surface area contributed by atoms with Crippen LogP contribution in [0.15, 0.2) is 12.1 Å². The maximum absolute atomic E-state index is 11.9.